The number of hydrazone groups is 1. The average Bonchev–Trinajstić information content (AvgIpc) is 3.50. The Morgan fingerprint density at radius 2 is 1.91 bits per heavy atom. The van der Waals surface area contributed by atoms with Crippen LogP contribution in [0, 0.1) is 0 Å². The van der Waals surface area contributed by atoms with E-state index in [-0.39, 0.29) is 6.61 Å². The van der Waals surface area contributed by atoms with Crippen LogP contribution in [-0.4, -0.2) is 28.5 Å². The van der Waals surface area contributed by atoms with Gasteiger partial charge in [-0.3, -0.25) is 5.43 Å². The molecule has 0 unspecified atom stereocenters. The van der Waals surface area contributed by atoms with Crippen LogP contribution < -0.4 is 14.9 Å². The largest absolute Gasteiger partial charge is 0.493 e. The number of halogens is 1. The Bertz CT molecular complexity index is 1430. The van der Waals surface area contributed by atoms with Crippen molar-refractivity contribution in [3.63, 3.8) is 0 Å². The molecule has 3 aromatic carbocycles. The number of para-hydroxylation sites is 1. The van der Waals surface area contributed by atoms with Crippen LogP contribution in [0.4, 0.5) is 5.13 Å². The van der Waals surface area contributed by atoms with Gasteiger partial charge in [0, 0.05) is 0 Å². The minimum Gasteiger partial charge on any atom is -0.493 e. The minimum atomic E-state index is 0.0837. The Hall–Kier alpha value is -3.95. The topological polar surface area (TPSA) is 94.7 Å². The number of ether oxygens (including phenoxy) is 2. The highest BCUT2D eigenvalue weighted by atomic mass is 35.5. The number of nitrogens with one attached hydrogen (secondary N) is 1. The number of anilines is 1. The fraction of sp³-hybridized carbons (Fsp3) is 0.0833. The lowest BCUT2D eigenvalue weighted by atomic mass is 10.2. The van der Waals surface area contributed by atoms with Crippen molar-refractivity contribution in [2.24, 2.45) is 5.10 Å². The van der Waals surface area contributed by atoms with Gasteiger partial charge in [0.2, 0.25) is 11.0 Å². The summed E-state index contributed by atoms with van der Waals surface area (Å²) in [7, 11) is 1.57. The molecule has 5 rings (SSSR count). The minimum absolute atomic E-state index is 0.0837. The normalized spacial score (nSPS) is 11.2. The fourth-order valence-corrected chi connectivity index (χ4v) is 4.19. The number of aromatic nitrogens is 3. The van der Waals surface area contributed by atoms with Crippen LogP contribution in [0.2, 0.25) is 5.02 Å². The van der Waals surface area contributed by atoms with Crippen LogP contribution in [-0.2, 0) is 6.61 Å². The third kappa shape index (κ3) is 4.85. The highest BCUT2D eigenvalue weighted by Gasteiger charge is 2.13. The smallest absolute Gasteiger partial charge is 0.254 e. The number of fused-ring (bicyclic) bond motifs is 1. The van der Waals surface area contributed by atoms with Gasteiger partial charge in [0.05, 0.1) is 34.1 Å². The molecule has 8 nitrogen and oxygen atoms in total. The van der Waals surface area contributed by atoms with E-state index in [4.69, 9.17) is 25.5 Å². The van der Waals surface area contributed by atoms with Crippen LogP contribution in [0.25, 0.3) is 21.7 Å². The SMILES string of the molecule is COc1cc(/C=N/Nc2nc3ccccc3s2)ccc1OCc1nnc(-c2ccccc2Cl)o1. The van der Waals surface area contributed by atoms with Gasteiger partial charge in [-0.25, -0.2) is 4.98 Å². The Kier molecular flexibility index (Phi) is 6.37. The molecule has 0 saturated carbocycles. The van der Waals surface area contributed by atoms with Crippen molar-refractivity contribution in [1.29, 1.82) is 0 Å². The summed E-state index contributed by atoms with van der Waals surface area (Å²) >= 11 is 7.73. The summed E-state index contributed by atoms with van der Waals surface area (Å²) in [6, 6.07) is 20.7. The monoisotopic (exact) mass is 491 g/mol. The van der Waals surface area contributed by atoms with Crippen molar-refractivity contribution < 1.29 is 13.9 Å². The van der Waals surface area contributed by atoms with Crippen LogP contribution in [0.15, 0.2) is 76.2 Å². The van der Waals surface area contributed by atoms with Crippen molar-refractivity contribution in [2.45, 2.75) is 6.61 Å². The number of thiazole rings is 1. The van der Waals surface area contributed by atoms with Crippen molar-refractivity contribution in [2.75, 3.05) is 12.5 Å². The van der Waals surface area contributed by atoms with Crippen LogP contribution in [0.5, 0.6) is 11.5 Å². The number of hydrogen-bond donors (Lipinski definition) is 1. The lowest BCUT2D eigenvalue weighted by Gasteiger charge is -2.09. The highest BCUT2D eigenvalue weighted by molar-refractivity contribution is 7.22. The molecule has 0 aliphatic heterocycles. The van der Waals surface area contributed by atoms with Crippen LogP contribution >= 0.6 is 22.9 Å². The molecule has 0 saturated heterocycles. The van der Waals surface area contributed by atoms with Crippen molar-refractivity contribution >= 4 is 44.5 Å². The quantitative estimate of drug-likeness (QED) is 0.209. The fourth-order valence-electron chi connectivity index (χ4n) is 3.16. The molecule has 0 amide bonds. The maximum absolute atomic E-state index is 6.19. The first-order chi connectivity index (χ1) is 16.7. The van der Waals surface area contributed by atoms with E-state index < -0.39 is 0 Å². The molecule has 2 aromatic heterocycles. The van der Waals surface area contributed by atoms with E-state index in [1.54, 1.807) is 36.8 Å². The third-order valence-corrected chi connectivity index (χ3v) is 6.05. The van der Waals surface area contributed by atoms with E-state index in [0.29, 0.717) is 33.9 Å². The molecular formula is C24H18ClN5O3S. The molecule has 0 aliphatic carbocycles. The molecule has 0 spiro atoms. The first kappa shape index (κ1) is 21.9. The standard InChI is InChI=1S/C24H18ClN5O3S/c1-31-20-12-15(13-26-30-24-27-18-8-4-5-9-21(18)34-24)10-11-19(20)32-14-22-28-29-23(33-22)16-6-2-3-7-17(16)25/h2-13H,14H2,1H3,(H,27,30)/b26-13+. The molecule has 0 radical (unpaired) electrons. The van der Waals surface area contributed by atoms with Gasteiger partial charge in [0.1, 0.15) is 0 Å². The lowest BCUT2D eigenvalue weighted by molar-refractivity contribution is 0.251. The maximum atomic E-state index is 6.19. The van der Waals surface area contributed by atoms with Crippen molar-refractivity contribution in [3.05, 3.63) is 83.2 Å². The van der Waals surface area contributed by atoms with Crippen LogP contribution in [0.1, 0.15) is 11.5 Å². The molecule has 2 heterocycles. The summed E-state index contributed by atoms with van der Waals surface area (Å²) in [4.78, 5) is 4.49. The van der Waals surface area contributed by atoms with Gasteiger partial charge in [-0.1, -0.05) is 47.2 Å². The van der Waals surface area contributed by atoms with Gasteiger partial charge in [-0.2, -0.15) is 5.10 Å². The molecule has 0 fully saturated rings. The van der Waals surface area contributed by atoms with Crippen molar-refractivity contribution in [3.8, 4) is 23.0 Å². The first-order valence-electron chi connectivity index (χ1n) is 10.2. The maximum Gasteiger partial charge on any atom is 0.254 e. The molecule has 10 heteroatoms. The Labute approximate surface area is 203 Å². The summed E-state index contributed by atoms with van der Waals surface area (Å²) in [5.41, 5.74) is 5.41. The lowest BCUT2D eigenvalue weighted by Crippen LogP contribution is -1.99. The third-order valence-electron chi connectivity index (χ3n) is 4.78. The summed E-state index contributed by atoms with van der Waals surface area (Å²) in [5.74, 6) is 1.75. The second-order valence-corrected chi connectivity index (χ2v) is 8.47. The zero-order valence-electron chi connectivity index (χ0n) is 17.9. The van der Waals surface area contributed by atoms with E-state index >= 15 is 0 Å². The average molecular weight is 492 g/mol. The van der Waals surface area contributed by atoms with E-state index in [1.165, 1.54) is 0 Å². The molecule has 170 valence electrons. The van der Waals surface area contributed by atoms with E-state index in [9.17, 15) is 0 Å². The predicted molar refractivity (Wildman–Crippen MR) is 133 cm³/mol. The van der Waals surface area contributed by atoms with Crippen molar-refractivity contribution in [1.82, 2.24) is 15.2 Å². The zero-order valence-corrected chi connectivity index (χ0v) is 19.5. The van der Waals surface area contributed by atoms with Gasteiger partial charge in [0.25, 0.3) is 5.89 Å². The number of hydrogen-bond acceptors (Lipinski definition) is 9. The van der Waals surface area contributed by atoms with Crippen LogP contribution in [0.3, 0.4) is 0 Å². The van der Waals surface area contributed by atoms with E-state index in [0.717, 1.165) is 20.9 Å². The van der Waals surface area contributed by atoms with Gasteiger partial charge >= 0.3 is 0 Å². The number of rotatable bonds is 8. The predicted octanol–water partition coefficient (Wildman–Crippen LogP) is 6.03. The van der Waals surface area contributed by atoms with E-state index in [2.05, 4.69) is 25.7 Å². The summed E-state index contributed by atoms with van der Waals surface area (Å²) in [6.07, 6.45) is 1.69. The molecular weight excluding hydrogens is 474 g/mol. The molecule has 0 aliphatic rings. The summed E-state index contributed by atoms with van der Waals surface area (Å²) < 4.78 is 18.1. The number of methoxy groups -OCH3 is 1. The zero-order chi connectivity index (χ0) is 23.3. The second-order valence-electron chi connectivity index (χ2n) is 7.04. The molecule has 0 bridgehead atoms. The van der Waals surface area contributed by atoms with Gasteiger partial charge in [0.15, 0.2) is 18.1 Å². The van der Waals surface area contributed by atoms with Gasteiger partial charge in [-0.05, 0) is 48.0 Å². The first-order valence-corrected chi connectivity index (χ1v) is 11.4. The number of benzene rings is 3. The molecule has 5 aromatic rings. The molecule has 34 heavy (non-hydrogen) atoms. The number of nitrogens with zero attached hydrogens (tertiary/aromatic N) is 4. The summed E-state index contributed by atoms with van der Waals surface area (Å²) in [6.45, 7) is 0.0837. The highest BCUT2D eigenvalue weighted by Crippen LogP contribution is 2.30. The Balaban J connectivity index is 1.23. The summed E-state index contributed by atoms with van der Waals surface area (Å²) in [5, 5.41) is 13.6. The second kappa shape index (κ2) is 9.90. The Morgan fingerprint density at radius 1 is 1.06 bits per heavy atom. The molecule has 0 atom stereocenters. The van der Waals surface area contributed by atoms with Gasteiger partial charge < -0.3 is 13.9 Å². The Morgan fingerprint density at radius 3 is 2.76 bits per heavy atom. The molecule has 1 N–H and O–H groups in total. The van der Waals surface area contributed by atoms with E-state index in [1.807, 2.05) is 54.6 Å². The van der Waals surface area contributed by atoms with Gasteiger partial charge in [-0.15, -0.1) is 10.2 Å².